The average Bonchev–Trinajstić information content (AvgIpc) is 2.39. The van der Waals surface area contributed by atoms with E-state index in [1.165, 1.54) is 0 Å². The Labute approximate surface area is 113 Å². The SMILES string of the molecule is CCCCNC(=O)CC(=O)Nc1ccc(OC)cc1. The van der Waals surface area contributed by atoms with E-state index in [-0.39, 0.29) is 18.2 Å². The van der Waals surface area contributed by atoms with Crippen LogP contribution in [0.15, 0.2) is 24.3 Å². The molecule has 0 atom stereocenters. The molecule has 0 fully saturated rings. The third-order valence-corrected chi connectivity index (χ3v) is 2.55. The summed E-state index contributed by atoms with van der Waals surface area (Å²) in [6.45, 7) is 2.66. The molecule has 1 rings (SSSR count). The minimum absolute atomic E-state index is 0.157. The number of unbranched alkanes of at least 4 members (excludes halogenated alkanes) is 1. The summed E-state index contributed by atoms with van der Waals surface area (Å²) in [7, 11) is 1.58. The van der Waals surface area contributed by atoms with Crippen LogP contribution < -0.4 is 15.4 Å². The van der Waals surface area contributed by atoms with Gasteiger partial charge in [-0.1, -0.05) is 13.3 Å². The zero-order chi connectivity index (χ0) is 14.1. The molecule has 0 aliphatic carbocycles. The van der Waals surface area contributed by atoms with Crippen molar-refractivity contribution < 1.29 is 14.3 Å². The lowest BCUT2D eigenvalue weighted by Gasteiger charge is -2.07. The molecule has 0 aromatic heterocycles. The van der Waals surface area contributed by atoms with Gasteiger partial charge in [-0.15, -0.1) is 0 Å². The van der Waals surface area contributed by atoms with Crippen LogP contribution in [0.1, 0.15) is 26.2 Å². The number of nitrogens with one attached hydrogen (secondary N) is 2. The Balaban J connectivity index is 2.35. The first-order valence-electron chi connectivity index (χ1n) is 6.36. The van der Waals surface area contributed by atoms with Crippen molar-refractivity contribution in [1.29, 1.82) is 0 Å². The fourth-order valence-electron chi connectivity index (χ4n) is 1.49. The van der Waals surface area contributed by atoms with Crippen molar-refractivity contribution in [2.24, 2.45) is 0 Å². The third kappa shape index (κ3) is 5.90. The van der Waals surface area contributed by atoms with E-state index < -0.39 is 0 Å². The number of ether oxygens (including phenoxy) is 1. The fourth-order valence-corrected chi connectivity index (χ4v) is 1.49. The third-order valence-electron chi connectivity index (χ3n) is 2.55. The Bertz CT molecular complexity index is 415. The molecule has 104 valence electrons. The highest BCUT2D eigenvalue weighted by Crippen LogP contribution is 2.14. The predicted molar refractivity (Wildman–Crippen MR) is 74.2 cm³/mol. The van der Waals surface area contributed by atoms with Crippen LogP contribution in [0.2, 0.25) is 0 Å². The number of methoxy groups -OCH3 is 1. The first-order chi connectivity index (χ1) is 9.15. The summed E-state index contributed by atoms with van der Waals surface area (Å²) in [5, 5.41) is 5.36. The first-order valence-corrected chi connectivity index (χ1v) is 6.36. The highest BCUT2D eigenvalue weighted by Gasteiger charge is 2.08. The maximum absolute atomic E-state index is 11.6. The number of carbonyl (C=O) groups is 2. The van der Waals surface area contributed by atoms with Gasteiger partial charge in [-0.05, 0) is 30.7 Å². The van der Waals surface area contributed by atoms with Gasteiger partial charge in [-0.2, -0.15) is 0 Å². The van der Waals surface area contributed by atoms with E-state index in [4.69, 9.17) is 4.74 Å². The van der Waals surface area contributed by atoms with Crippen LogP contribution in [-0.4, -0.2) is 25.5 Å². The van der Waals surface area contributed by atoms with Crippen LogP contribution >= 0.6 is 0 Å². The fraction of sp³-hybridized carbons (Fsp3) is 0.429. The summed E-state index contributed by atoms with van der Waals surface area (Å²) in [5.41, 5.74) is 0.646. The van der Waals surface area contributed by atoms with Crippen LogP contribution in [0, 0.1) is 0 Å². The van der Waals surface area contributed by atoms with Crippen LogP contribution in [-0.2, 0) is 9.59 Å². The Morgan fingerprint density at radius 3 is 2.42 bits per heavy atom. The number of anilines is 1. The van der Waals surface area contributed by atoms with E-state index in [2.05, 4.69) is 10.6 Å². The van der Waals surface area contributed by atoms with Crippen LogP contribution in [0.3, 0.4) is 0 Å². The van der Waals surface area contributed by atoms with Crippen molar-refractivity contribution >= 4 is 17.5 Å². The van der Waals surface area contributed by atoms with Gasteiger partial charge in [0.25, 0.3) is 0 Å². The molecule has 2 N–H and O–H groups in total. The number of hydrogen-bond acceptors (Lipinski definition) is 3. The highest BCUT2D eigenvalue weighted by atomic mass is 16.5. The highest BCUT2D eigenvalue weighted by molar-refractivity contribution is 6.03. The van der Waals surface area contributed by atoms with Crippen molar-refractivity contribution in [3.8, 4) is 5.75 Å². The summed E-state index contributed by atoms with van der Waals surface area (Å²) in [6, 6.07) is 6.95. The second kappa shape index (κ2) is 8.13. The molecule has 5 heteroatoms. The topological polar surface area (TPSA) is 67.4 Å². The molecule has 0 saturated carbocycles. The van der Waals surface area contributed by atoms with Crippen LogP contribution in [0.5, 0.6) is 5.75 Å². The zero-order valence-corrected chi connectivity index (χ0v) is 11.4. The van der Waals surface area contributed by atoms with Crippen LogP contribution in [0.25, 0.3) is 0 Å². The summed E-state index contributed by atoms with van der Waals surface area (Å²) < 4.78 is 5.02. The van der Waals surface area contributed by atoms with E-state index in [1.807, 2.05) is 6.92 Å². The van der Waals surface area contributed by atoms with Gasteiger partial charge in [-0.25, -0.2) is 0 Å². The van der Waals surface area contributed by atoms with E-state index in [0.717, 1.165) is 18.6 Å². The summed E-state index contributed by atoms with van der Waals surface area (Å²) in [6.07, 6.45) is 1.78. The van der Waals surface area contributed by atoms with E-state index in [9.17, 15) is 9.59 Å². The lowest BCUT2D eigenvalue weighted by molar-refractivity contribution is -0.126. The predicted octanol–water partition coefficient (Wildman–Crippen LogP) is 1.94. The molecule has 19 heavy (non-hydrogen) atoms. The van der Waals surface area contributed by atoms with Gasteiger partial charge in [0, 0.05) is 12.2 Å². The van der Waals surface area contributed by atoms with E-state index in [1.54, 1.807) is 31.4 Å². The molecule has 0 spiro atoms. The van der Waals surface area contributed by atoms with Gasteiger partial charge in [-0.3, -0.25) is 9.59 Å². The number of amides is 2. The van der Waals surface area contributed by atoms with Gasteiger partial charge in [0.15, 0.2) is 0 Å². The number of rotatable bonds is 7. The van der Waals surface area contributed by atoms with Crippen LogP contribution in [0.4, 0.5) is 5.69 Å². The summed E-state index contributed by atoms with van der Waals surface area (Å²) in [5.74, 6) is 0.147. The van der Waals surface area contributed by atoms with Gasteiger partial charge >= 0.3 is 0 Å². The molecule has 1 aromatic carbocycles. The number of hydrogen-bond donors (Lipinski definition) is 2. The minimum atomic E-state index is -0.320. The normalized spacial score (nSPS) is 9.79. The Kier molecular flexibility index (Phi) is 6.43. The maximum atomic E-state index is 11.6. The number of carbonyl (C=O) groups excluding carboxylic acids is 2. The van der Waals surface area contributed by atoms with Crippen molar-refractivity contribution in [1.82, 2.24) is 5.32 Å². The van der Waals surface area contributed by atoms with Gasteiger partial charge in [0.1, 0.15) is 12.2 Å². The molecule has 0 aliphatic heterocycles. The Morgan fingerprint density at radius 1 is 1.16 bits per heavy atom. The molecule has 5 nitrogen and oxygen atoms in total. The summed E-state index contributed by atoms with van der Waals surface area (Å²) in [4.78, 5) is 23.0. The molecule has 0 unspecified atom stereocenters. The lowest BCUT2D eigenvalue weighted by Crippen LogP contribution is -2.28. The zero-order valence-electron chi connectivity index (χ0n) is 11.4. The smallest absolute Gasteiger partial charge is 0.233 e. The van der Waals surface area contributed by atoms with Gasteiger partial charge in [0.05, 0.1) is 7.11 Å². The first kappa shape index (κ1) is 15.0. The molecule has 0 heterocycles. The standard InChI is InChI=1S/C14H20N2O3/c1-3-4-9-15-13(17)10-14(18)16-11-5-7-12(19-2)8-6-11/h5-8H,3-4,9-10H2,1-2H3,(H,15,17)(H,16,18). The van der Waals surface area contributed by atoms with Crippen molar-refractivity contribution in [3.05, 3.63) is 24.3 Å². The van der Waals surface area contributed by atoms with Crippen molar-refractivity contribution in [2.45, 2.75) is 26.2 Å². The monoisotopic (exact) mass is 264 g/mol. The Hall–Kier alpha value is -2.04. The average molecular weight is 264 g/mol. The molecule has 0 bridgehead atoms. The van der Waals surface area contributed by atoms with Crippen molar-refractivity contribution in [2.75, 3.05) is 19.0 Å². The molecule has 0 saturated heterocycles. The quantitative estimate of drug-likeness (QED) is 0.584. The van der Waals surface area contributed by atoms with E-state index in [0.29, 0.717) is 12.2 Å². The van der Waals surface area contributed by atoms with Gasteiger partial charge < -0.3 is 15.4 Å². The molecule has 2 amide bonds. The second-order valence-electron chi connectivity index (χ2n) is 4.16. The second-order valence-corrected chi connectivity index (χ2v) is 4.16. The molecule has 1 aromatic rings. The lowest BCUT2D eigenvalue weighted by atomic mass is 10.3. The molecular formula is C14H20N2O3. The largest absolute Gasteiger partial charge is 0.497 e. The summed E-state index contributed by atoms with van der Waals surface area (Å²) >= 11 is 0. The minimum Gasteiger partial charge on any atom is -0.497 e. The Morgan fingerprint density at radius 2 is 1.84 bits per heavy atom. The number of benzene rings is 1. The molecular weight excluding hydrogens is 244 g/mol. The van der Waals surface area contributed by atoms with E-state index >= 15 is 0 Å². The molecule has 0 aliphatic rings. The van der Waals surface area contributed by atoms with Gasteiger partial charge in [0.2, 0.25) is 11.8 Å². The maximum Gasteiger partial charge on any atom is 0.233 e. The molecule has 0 radical (unpaired) electrons. The van der Waals surface area contributed by atoms with Crippen molar-refractivity contribution in [3.63, 3.8) is 0 Å².